The summed E-state index contributed by atoms with van der Waals surface area (Å²) in [5.41, 5.74) is 1.69. The van der Waals surface area contributed by atoms with E-state index in [0.29, 0.717) is 11.4 Å². The molecule has 182 valence electrons. The predicted molar refractivity (Wildman–Crippen MR) is 111 cm³/mol. The fourth-order valence-corrected chi connectivity index (χ4v) is 4.39. The smallest absolute Gasteiger partial charge is 0.330 e. The molecular weight excluding hydrogens is 488 g/mol. The van der Waals surface area contributed by atoms with E-state index < -0.39 is 40.6 Å². The Hall–Kier alpha value is -2.99. The molecule has 1 unspecified atom stereocenters. The van der Waals surface area contributed by atoms with E-state index in [4.69, 9.17) is 11.6 Å². The second-order valence-electron chi connectivity index (χ2n) is 7.78. The number of rotatable bonds is 2. The number of hydrazine groups is 2. The van der Waals surface area contributed by atoms with E-state index in [2.05, 4.69) is 10.4 Å². The average Bonchev–Trinajstić information content (AvgIpc) is 3.09. The molecule has 1 aromatic heterocycles. The number of halogens is 7. The van der Waals surface area contributed by atoms with Crippen molar-refractivity contribution >= 4 is 23.3 Å². The van der Waals surface area contributed by atoms with Gasteiger partial charge in [0.2, 0.25) is 0 Å². The van der Waals surface area contributed by atoms with Gasteiger partial charge in [0.05, 0.1) is 33.6 Å². The number of carbonyl (C=O) groups excluding carboxylic acids is 1. The van der Waals surface area contributed by atoms with E-state index in [1.807, 2.05) is 0 Å². The quantitative estimate of drug-likeness (QED) is 0.576. The van der Waals surface area contributed by atoms with Gasteiger partial charge in [0.15, 0.2) is 0 Å². The molecule has 0 saturated heterocycles. The summed E-state index contributed by atoms with van der Waals surface area (Å²) >= 11 is 5.93. The fraction of sp³-hybridized carbons (Fsp3) is 0.333. The average molecular weight is 506 g/mol. The second-order valence-corrected chi connectivity index (χ2v) is 8.15. The molecule has 1 aromatic carbocycles. The number of nitrogens with zero attached hydrogens (tertiary/aromatic N) is 4. The van der Waals surface area contributed by atoms with Crippen molar-refractivity contribution < 1.29 is 31.1 Å². The molecule has 2 aliphatic rings. The van der Waals surface area contributed by atoms with Gasteiger partial charge in [0.25, 0.3) is 5.91 Å². The Labute approximate surface area is 195 Å². The van der Waals surface area contributed by atoms with Gasteiger partial charge in [0, 0.05) is 20.0 Å². The van der Waals surface area contributed by atoms with Gasteiger partial charge < -0.3 is 10.3 Å². The third-order valence-corrected chi connectivity index (χ3v) is 6.07. The van der Waals surface area contributed by atoms with Crippen LogP contribution in [0.3, 0.4) is 0 Å². The number of nitrogens with one attached hydrogen (secondary N) is 1. The van der Waals surface area contributed by atoms with Crippen molar-refractivity contribution in [2.24, 2.45) is 0 Å². The highest BCUT2D eigenvalue weighted by molar-refractivity contribution is 6.34. The number of pyridine rings is 1. The highest BCUT2D eigenvalue weighted by Crippen LogP contribution is 2.39. The Bertz CT molecular complexity index is 1170. The van der Waals surface area contributed by atoms with Gasteiger partial charge in [0.1, 0.15) is 11.5 Å². The van der Waals surface area contributed by atoms with Crippen LogP contribution in [-0.2, 0) is 12.4 Å². The zero-order valence-corrected chi connectivity index (χ0v) is 18.6. The number of benzene rings is 1. The molecule has 3 heterocycles. The minimum Gasteiger partial charge on any atom is -0.330 e. The molecular formula is C21H18ClF6N5O. The highest BCUT2D eigenvalue weighted by atomic mass is 35.5. The number of carbonyl (C=O) groups is 1. The lowest BCUT2D eigenvalue weighted by Gasteiger charge is -2.35. The molecule has 13 heteroatoms. The SMILES string of the molecule is CC1C2=C(CCN1C(=O)c1cccc(C(F)(F)F)c1Cl)N(c1cccc(C(F)(F)F)n1)N(C)N2. The Balaban J connectivity index is 1.65. The summed E-state index contributed by atoms with van der Waals surface area (Å²) in [7, 11) is 1.57. The van der Waals surface area contributed by atoms with Crippen molar-refractivity contribution in [3.05, 3.63) is 69.6 Å². The van der Waals surface area contributed by atoms with Gasteiger partial charge >= 0.3 is 12.4 Å². The maximum atomic E-state index is 13.2. The zero-order chi connectivity index (χ0) is 25.0. The molecule has 0 radical (unpaired) electrons. The standard InChI is InChI=1S/C21H18ClF6N5O/c1-11-18-14(33(31(2)30-18)16-8-4-7-15(29-16)21(26,27)28)9-10-32(11)19(34)12-5-3-6-13(17(12)22)20(23,24)25/h3-8,11,30H,9-10H2,1-2H3. The third-order valence-electron chi connectivity index (χ3n) is 5.66. The minimum atomic E-state index is -4.72. The van der Waals surface area contributed by atoms with Crippen molar-refractivity contribution in [3.63, 3.8) is 0 Å². The molecule has 0 spiro atoms. The van der Waals surface area contributed by atoms with E-state index in [9.17, 15) is 31.1 Å². The molecule has 1 atom stereocenters. The number of alkyl halides is 6. The first-order chi connectivity index (χ1) is 15.8. The van der Waals surface area contributed by atoms with E-state index >= 15 is 0 Å². The van der Waals surface area contributed by atoms with Gasteiger partial charge in [-0.3, -0.25) is 4.79 Å². The van der Waals surface area contributed by atoms with Crippen molar-refractivity contribution in [2.45, 2.75) is 31.7 Å². The normalized spacial score (nSPS) is 19.4. The third kappa shape index (κ3) is 4.16. The van der Waals surface area contributed by atoms with Gasteiger partial charge in [-0.1, -0.05) is 23.7 Å². The summed E-state index contributed by atoms with van der Waals surface area (Å²) in [6.07, 6.45) is -9.12. The first kappa shape index (κ1) is 24.1. The van der Waals surface area contributed by atoms with Gasteiger partial charge in [-0.25, -0.2) is 9.99 Å². The van der Waals surface area contributed by atoms with Crippen LogP contribution >= 0.6 is 11.6 Å². The largest absolute Gasteiger partial charge is 0.433 e. The molecule has 0 bridgehead atoms. The topological polar surface area (TPSA) is 51.7 Å². The van der Waals surface area contributed by atoms with Crippen LogP contribution in [-0.4, -0.2) is 40.5 Å². The fourth-order valence-electron chi connectivity index (χ4n) is 4.07. The Morgan fingerprint density at radius 3 is 2.41 bits per heavy atom. The van der Waals surface area contributed by atoms with Gasteiger partial charge in [-0.15, -0.1) is 5.12 Å². The summed E-state index contributed by atoms with van der Waals surface area (Å²) in [6.45, 7) is 1.77. The maximum Gasteiger partial charge on any atom is 0.433 e. The van der Waals surface area contributed by atoms with Crippen LogP contribution in [0.2, 0.25) is 5.02 Å². The van der Waals surface area contributed by atoms with Crippen LogP contribution < -0.4 is 10.4 Å². The Morgan fingerprint density at radius 2 is 1.76 bits per heavy atom. The van der Waals surface area contributed by atoms with E-state index in [0.717, 1.165) is 18.2 Å². The molecule has 2 aromatic rings. The number of amides is 1. The molecule has 0 fully saturated rings. The summed E-state index contributed by atoms with van der Waals surface area (Å²) in [5.74, 6) is -0.655. The summed E-state index contributed by atoms with van der Waals surface area (Å²) in [4.78, 5) is 18.2. The number of anilines is 1. The predicted octanol–water partition coefficient (Wildman–Crippen LogP) is 5.09. The molecule has 1 amide bonds. The van der Waals surface area contributed by atoms with Crippen LogP contribution in [0.15, 0.2) is 47.8 Å². The maximum absolute atomic E-state index is 13.2. The van der Waals surface area contributed by atoms with Crippen LogP contribution in [0, 0.1) is 0 Å². The van der Waals surface area contributed by atoms with Crippen LogP contribution in [0.4, 0.5) is 32.2 Å². The number of aromatic nitrogens is 1. The molecule has 0 aliphatic carbocycles. The summed E-state index contributed by atoms with van der Waals surface area (Å²) in [5, 5.41) is 2.23. The first-order valence-corrected chi connectivity index (χ1v) is 10.4. The molecule has 0 saturated carbocycles. The highest BCUT2D eigenvalue weighted by Gasteiger charge is 2.41. The van der Waals surface area contributed by atoms with Gasteiger partial charge in [-0.2, -0.15) is 26.3 Å². The minimum absolute atomic E-state index is 0.0303. The van der Waals surface area contributed by atoms with Crippen molar-refractivity contribution in [1.29, 1.82) is 0 Å². The monoisotopic (exact) mass is 505 g/mol. The van der Waals surface area contributed by atoms with Crippen molar-refractivity contribution in [1.82, 2.24) is 20.4 Å². The Kier molecular flexibility index (Phi) is 5.93. The number of hydrogen-bond donors (Lipinski definition) is 1. The Morgan fingerprint density at radius 1 is 1.09 bits per heavy atom. The van der Waals surface area contributed by atoms with Crippen LogP contribution in [0.5, 0.6) is 0 Å². The molecule has 4 rings (SSSR count). The molecule has 1 N–H and O–H groups in total. The lowest BCUT2D eigenvalue weighted by molar-refractivity contribution is -0.141. The lowest BCUT2D eigenvalue weighted by atomic mass is 10.0. The van der Waals surface area contributed by atoms with E-state index in [-0.39, 0.29) is 24.3 Å². The van der Waals surface area contributed by atoms with Crippen molar-refractivity contribution in [3.8, 4) is 0 Å². The zero-order valence-electron chi connectivity index (χ0n) is 17.8. The summed E-state index contributed by atoms with van der Waals surface area (Å²) in [6, 6.07) is 6.05. The first-order valence-electron chi connectivity index (χ1n) is 10.0. The van der Waals surface area contributed by atoms with Crippen LogP contribution in [0.25, 0.3) is 0 Å². The molecule has 6 nitrogen and oxygen atoms in total. The second kappa shape index (κ2) is 8.35. The van der Waals surface area contributed by atoms with Crippen molar-refractivity contribution in [2.75, 3.05) is 18.6 Å². The van der Waals surface area contributed by atoms with Gasteiger partial charge in [-0.05, 0) is 31.2 Å². The lowest BCUT2D eigenvalue weighted by Crippen LogP contribution is -2.46. The van der Waals surface area contributed by atoms with E-state index in [1.54, 1.807) is 14.0 Å². The number of hydrogen-bond acceptors (Lipinski definition) is 5. The molecule has 34 heavy (non-hydrogen) atoms. The summed E-state index contributed by atoms with van der Waals surface area (Å²) < 4.78 is 79.1. The van der Waals surface area contributed by atoms with Crippen LogP contribution in [0.1, 0.15) is 35.0 Å². The molecule has 2 aliphatic heterocycles. The van der Waals surface area contributed by atoms with E-state index in [1.165, 1.54) is 33.2 Å².